The lowest BCUT2D eigenvalue weighted by atomic mass is 9.85. The van der Waals surface area contributed by atoms with Crippen molar-refractivity contribution in [3.63, 3.8) is 0 Å². The smallest absolute Gasteiger partial charge is 0.143 e. The van der Waals surface area contributed by atoms with Crippen LogP contribution in [0.2, 0.25) is 0 Å². The van der Waals surface area contributed by atoms with Gasteiger partial charge >= 0.3 is 0 Å². The molecule has 0 bridgehead atoms. The van der Waals surface area contributed by atoms with Crippen molar-refractivity contribution in [1.82, 2.24) is 0 Å². The van der Waals surface area contributed by atoms with Gasteiger partial charge in [0, 0.05) is 32.7 Å². The van der Waals surface area contributed by atoms with E-state index in [9.17, 15) is 0 Å². The maximum absolute atomic E-state index is 6.65. The molecule has 12 rings (SSSR count). The Morgan fingerprint density at radius 2 is 0.732 bits per heavy atom. The lowest BCUT2D eigenvalue weighted by molar-refractivity contribution is 0.669. The monoisotopic (exact) mass is 712 g/mol. The standard InChI is InChI=1S/C54H32O2/c1-2-13-33(14-3-1)36-18-8-15-34-29-30-35(31-47(34)36)52-41-21-9-19-37(43-23-11-25-45-39-16-4-6-27-50(39)55-53(43)45)48(41)32-49-38(20-10-22-42(49)52)44-24-12-26-46-40-17-5-7-28-51(40)56-54(44)46/h1-32H. The predicted octanol–water partition coefficient (Wildman–Crippen LogP) is 15.6. The fraction of sp³-hybridized carbons (Fsp3) is 0. The molecule has 0 fully saturated rings. The van der Waals surface area contributed by atoms with E-state index in [0.717, 1.165) is 66.1 Å². The van der Waals surface area contributed by atoms with Crippen LogP contribution in [0.5, 0.6) is 0 Å². The number of benzene rings is 10. The highest BCUT2D eigenvalue weighted by molar-refractivity contribution is 6.22. The summed E-state index contributed by atoms with van der Waals surface area (Å²) in [5.41, 5.74) is 12.9. The van der Waals surface area contributed by atoms with Gasteiger partial charge in [0.05, 0.1) is 0 Å². The zero-order chi connectivity index (χ0) is 36.7. The minimum atomic E-state index is 0.896. The van der Waals surface area contributed by atoms with E-state index < -0.39 is 0 Å². The van der Waals surface area contributed by atoms with Crippen LogP contribution >= 0.6 is 0 Å². The Bertz CT molecular complexity index is 3360. The minimum absolute atomic E-state index is 0.896. The Kier molecular flexibility index (Phi) is 6.66. The molecule has 0 aliphatic carbocycles. The second-order valence-electron chi connectivity index (χ2n) is 14.7. The lowest BCUT2D eigenvalue weighted by Gasteiger charge is -2.18. The van der Waals surface area contributed by atoms with E-state index in [1.54, 1.807) is 0 Å². The van der Waals surface area contributed by atoms with Crippen LogP contribution in [0.25, 0.3) is 121 Å². The summed E-state index contributed by atoms with van der Waals surface area (Å²) in [7, 11) is 0. The molecule has 0 saturated carbocycles. The molecule has 0 aliphatic heterocycles. The Labute approximate surface area is 322 Å². The van der Waals surface area contributed by atoms with Gasteiger partial charge in [0.15, 0.2) is 0 Å². The lowest BCUT2D eigenvalue weighted by Crippen LogP contribution is -1.91. The molecule has 2 nitrogen and oxygen atoms in total. The molecule has 2 heteroatoms. The van der Waals surface area contributed by atoms with Crippen LogP contribution in [0, 0.1) is 0 Å². The number of para-hydroxylation sites is 4. The van der Waals surface area contributed by atoms with Gasteiger partial charge in [-0.1, -0.05) is 170 Å². The third-order valence-electron chi connectivity index (χ3n) is 11.7. The SMILES string of the molecule is c1ccc(-c2cccc3ccc(-c4c5cccc(-c6cccc7c6oc6ccccc67)c5cc5c(-c6cccc7c6oc6ccccc67)cccc45)cc23)cc1. The topological polar surface area (TPSA) is 26.3 Å². The molecule has 0 aliphatic rings. The highest BCUT2D eigenvalue weighted by atomic mass is 16.3. The van der Waals surface area contributed by atoms with E-state index >= 15 is 0 Å². The first-order chi connectivity index (χ1) is 27.8. The molecule has 0 N–H and O–H groups in total. The summed E-state index contributed by atoms with van der Waals surface area (Å²) >= 11 is 0. The summed E-state index contributed by atoms with van der Waals surface area (Å²) in [5.74, 6) is 0. The number of fused-ring (bicyclic) bond motifs is 9. The molecule has 0 amide bonds. The van der Waals surface area contributed by atoms with Crippen molar-refractivity contribution >= 4 is 76.2 Å². The van der Waals surface area contributed by atoms with Gasteiger partial charge in [-0.25, -0.2) is 0 Å². The summed E-state index contributed by atoms with van der Waals surface area (Å²) < 4.78 is 13.3. The molecular weight excluding hydrogens is 681 g/mol. The molecule has 0 radical (unpaired) electrons. The van der Waals surface area contributed by atoms with Crippen LogP contribution in [0.4, 0.5) is 0 Å². The van der Waals surface area contributed by atoms with Crippen LogP contribution in [0.1, 0.15) is 0 Å². The normalized spacial score (nSPS) is 11.9. The summed E-state index contributed by atoms with van der Waals surface area (Å²) in [6.45, 7) is 0. The van der Waals surface area contributed by atoms with Gasteiger partial charge in [0.1, 0.15) is 22.3 Å². The van der Waals surface area contributed by atoms with Gasteiger partial charge in [-0.2, -0.15) is 0 Å². The Morgan fingerprint density at radius 1 is 0.250 bits per heavy atom. The molecule has 56 heavy (non-hydrogen) atoms. The number of hydrogen-bond donors (Lipinski definition) is 0. The maximum atomic E-state index is 6.65. The van der Waals surface area contributed by atoms with E-state index in [2.05, 4.69) is 182 Å². The summed E-state index contributed by atoms with van der Waals surface area (Å²) in [4.78, 5) is 0. The van der Waals surface area contributed by atoms with Crippen LogP contribution in [-0.2, 0) is 0 Å². The van der Waals surface area contributed by atoms with Crippen molar-refractivity contribution in [2.24, 2.45) is 0 Å². The fourth-order valence-corrected chi connectivity index (χ4v) is 9.16. The molecule has 0 saturated heterocycles. The fourth-order valence-electron chi connectivity index (χ4n) is 9.16. The zero-order valence-electron chi connectivity index (χ0n) is 30.3. The van der Waals surface area contributed by atoms with Crippen LogP contribution in [-0.4, -0.2) is 0 Å². The van der Waals surface area contributed by atoms with Crippen LogP contribution < -0.4 is 0 Å². The second kappa shape index (κ2) is 12.0. The second-order valence-corrected chi connectivity index (χ2v) is 14.7. The van der Waals surface area contributed by atoms with Gasteiger partial charge in [-0.3, -0.25) is 0 Å². The Hall–Kier alpha value is -7.42. The van der Waals surface area contributed by atoms with Crippen LogP contribution in [0.3, 0.4) is 0 Å². The Balaban J connectivity index is 1.21. The van der Waals surface area contributed by atoms with E-state index in [0.29, 0.717) is 0 Å². The van der Waals surface area contributed by atoms with Crippen molar-refractivity contribution in [2.45, 2.75) is 0 Å². The number of rotatable bonds is 4. The van der Waals surface area contributed by atoms with Gasteiger partial charge in [-0.15, -0.1) is 0 Å². The molecule has 10 aromatic carbocycles. The number of furan rings is 2. The Morgan fingerprint density at radius 3 is 1.34 bits per heavy atom. The van der Waals surface area contributed by atoms with Crippen molar-refractivity contribution in [1.29, 1.82) is 0 Å². The maximum Gasteiger partial charge on any atom is 0.143 e. The molecular formula is C54H32O2. The first-order valence-corrected chi connectivity index (χ1v) is 19.2. The van der Waals surface area contributed by atoms with Crippen LogP contribution in [0.15, 0.2) is 203 Å². The highest BCUT2D eigenvalue weighted by Gasteiger charge is 2.21. The summed E-state index contributed by atoms with van der Waals surface area (Å²) in [5, 5.41) is 11.7. The number of hydrogen-bond acceptors (Lipinski definition) is 2. The van der Waals surface area contributed by atoms with E-state index in [1.165, 1.54) is 54.6 Å². The van der Waals surface area contributed by atoms with Gasteiger partial charge in [-0.05, 0) is 90.0 Å². The molecule has 2 heterocycles. The molecule has 0 unspecified atom stereocenters. The minimum Gasteiger partial charge on any atom is -0.455 e. The average molecular weight is 713 g/mol. The predicted molar refractivity (Wildman–Crippen MR) is 235 cm³/mol. The highest BCUT2D eigenvalue weighted by Crippen LogP contribution is 2.47. The van der Waals surface area contributed by atoms with Gasteiger partial charge in [0.25, 0.3) is 0 Å². The average Bonchev–Trinajstić information content (AvgIpc) is 3.84. The van der Waals surface area contributed by atoms with Gasteiger partial charge in [0.2, 0.25) is 0 Å². The molecule has 12 aromatic rings. The van der Waals surface area contributed by atoms with Gasteiger partial charge < -0.3 is 8.83 Å². The van der Waals surface area contributed by atoms with E-state index in [4.69, 9.17) is 8.83 Å². The van der Waals surface area contributed by atoms with Crippen molar-refractivity contribution < 1.29 is 8.83 Å². The van der Waals surface area contributed by atoms with Crippen molar-refractivity contribution in [3.8, 4) is 44.5 Å². The molecule has 0 atom stereocenters. The van der Waals surface area contributed by atoms with Crippen molar-refractivity contribution in [3.05, 3.63) is 194 Å². The quantitative estimate of drug-likeness (QED) is 0.170. The van der Waals surface area contributed by atoms with E-state index in [1.807, 2.05) is 12.1 Å². The third kappa shape index (κ3) is 4.57. The summed E-state index contributed by atoms with van der Waals surface area (Å²) in [6.07, 6.45) is 0. The molecule has 260 valence electrons. The summed E-state index contributed by atoms with van der Waals surface area (Å²) in [6, 6.07) is 69.8. The first-order valence-electron chi connectivity index (χ1n) is 19.2. The van der Waals surface area contributed by atoms with E-state index in [-0.39, 0.29) is 0 Å². The third-order valence-corrected chi connectivity index (χ3v) is 11.7. The zero-order valence-corrected chi connectivity index (χ0v) is 30.3. The molecule has 0 spiro atoms. The van der Waals surface area contributed by atoms with Crippen molar-refractivity contribution in [2.75, 3.05) is 0 Å². The largest absolute Gasteiger partial charge is 0.455 e. The first kappa shape index (κ1) is 31.0. The molecule has 2 aromatic heterocycles.